The van der Waals surface area contributed by atoms with Gasteiger partial charge in [0.05, 0.1) is 30.7 Å². The van der Waals surface area contributed by atoms with E-state index >= 15 is 0 Å². The first-order chi connectivity index (χ1) is 8.70. The number of pyridine rings is 2. The first-order valence-electron chi connectivity index (χ1n) is 5.65. The number of aromatic nitrogens is 2. The summed E-state index contributed by atoms with van der Waals surface area (Å²) in [7, 11) is 0. The third-order valence-corrected chi connectivity index (χ3v) is 2.47. The van der Waals surface area contributed by atoms with Gasteiger partial charge in [0.1, 0.15) is 11.6 Å². The van der Waals surface area contributed by atoms with Crippen LogP contribution >= 0.6 is 0 Å². The van der Waals surface area contributed by atoms with E-state index < -0.39 is 6.04 Å². The number of rotatable bonds is 4. The quantitative estimate of drug-likeness (QED) is 0.898. The maximum atomic E-state index is 12.8. The Kier molecular flexibility index (Phi) is 3.84. The Labute approximate surface area is 105 Å². The summed E-state index contributed by atoms with van der Waals surface area (Å²) in [6, 6.07) is 4.26. The van der Waals surface area contributed by atoms with Gasteiger partial charge in [0.2, 0.25) is 0 Å². The van der Waals surface area contributed by atoms with Gasteiger partial charge in [0.25, 0.3) is 0 Å². The van der Waals surface area contributed by atoms with Crippen molar-refractivity contribution in [2.24, 2.45) is 5.73 Å². The second-order valence-corrected chi connectivity index (χ2v) is 3.77. The summed E-state index contributed by atoms with van der Waals surface area (Å²) < 4.78 is 18.1. The molecule has 4 nitrogen and oxygen atoms in total. The van der Waals surface area contributed by atoms with Gasteiger partial charge in [-0.25, -0.2) is 4.39 Å². The average molecular weight is 247 g/mol. The summed E-state index contributed by atoms with van der Waals surface area (Å²) in [6.07, 6.45) is 4.42. The van der Waals surface area contributed by atoms with Crippen LogP contribution in [-0.4, -0.2) is 16.6 Å². The molecule has 18 heavy (non-hydrogen) atoms. The van der Waals surface area contributed by atoms with E-state index in [0.717, 1.165) is 11.8 Å². The summed E-state index contributed by atoms with van der Waals surface area (Å²) in [5.74, 6) is 0.278. The minimum absolute atomic E-state index is 0.382. The van der Waals surface area contributed by atoms with E-state index in [4.69, 9.17) is 10.5 Å². The molecule has 0 spiro atoms. The van der Waals surface area contributed by atoms with Gasteiger partial charge in [-0.05, 0) is 30.7 Å². The lowest BCUT2D eigenvalue weighted by Crippen LogP contribution is -2.14. The Morgan fingerprint density at radius 2 is 2.17 bits per heavy atom. The maximum absolute atomic E-state index is 12.8. The molecule has 1 unspecified atom stereocenters. The average Bonchev–Trinajstić information content (AvgIpc) is 2.39. The number of nitrogens with two attached hydrogens (primary N) is 1. The van der Waals surface area contributed by atoms with E-state index in [-0.39, 0.29) is 5.82 Å². The highest BCUT2D eigenvalue weighted by Gasteiger charge is 2.11. The predicted octanol–water partition coefficient (Wildman–Crippen LogP) is 2.06. The fourth-order valence-corrected chi connectivity index (χ4v) is 1.59. The molecule has 2 N–H and O–H groups in total. The Balaban J connectivity index is 2.24. The van der Waals surface area contributed by atoms with Crippen molar-refractivity contribution in [3.8, 4) is 5.75 Å². The summed E-state index contributed by atoms with van der Waals surface area (Å²) in [6.45, 7) is 2.46. The van der Waals surface area contributed by atoms with Crippen LogP contribution in [0.25, 0.3) is 0 Å². The molecule has 0 bridgehead atoms. The molecule has 2 aromatic heterocycles. The van der Waals surface area contributed by atoms with Crippen molar-refractivity contribution in [2.45, 2.75) is 13.0 Å². The third-order valence-electron chi connectivity index (χ3n) is 2.47. The minimum Gasteiger partial charge on any atom is -0.492 e. The fraction of sp³-hybridized carbons (Fsp3) is 0.231. The molecular weight excluding hydrogens is 233 g/mol. The van der Waals surface area contributed by atoms with Crippen LogP contribution in [0.5, 0.6) is 5.75 Å². The van der Waals surface area contributed by atoms with E-state index in [1.54, 1.807) is 18.5 Å². The van der Waals surface area contributed by atoms with E-state index in [1.807, 2.05) is 13.0 Å². The molecule has 2 rings (SSSR count). The van der Waals surface area contributed by atoms with Crippen molar-refractivity contribution >= 4 is 0 Å². The zero-order valence-electron chi connectivity index (χ0n) is 10.0. The van der Waals surface area contributed by atoms with Gasteiger partial charge in [-0.3, -0.25) is 9.97 Å². The van der Waals surface area contributed by atoms with Crippen molar-refractivity contribution < 1.29 is 9.13 Å². The van der Waals surface area contributed by atoms with Gasteiger partial charge in [-0.2, -0.15) is 0 Å². The van der Waals surface area contributed by atoms with Crippen LogP contribution in [-0.2, 0) is 0 Å². The van der Waals surface area contributed by atoms with E-state index in [1.165, 1.54) is 6.07 Å². The van der Waals surface area contributed by atoms with E-state index in [2.05, 4.69) is 9.97 Å². The molecule has 0 saturated carbocycles. The molecule has 0 saturated heterocycles. The summed E-state index contributed by atoms with van der Waals surface area (Å²) >= 11 is 0. The highest BCUT2D eigenvalue weighted by molar-refractivity contribution is 5.30. The smallest absolute Gasteiger partial charge is 0.141 e. The summed E-state index contributed by atoms with van der Waals surface area (Å²) in [4.78, 5) is 8.02. The Morgan fingerprint density at radius 1 is 1.33 bits per heavy atom. The van der Waals surface area contributed by atoms with Gasteiger partial charge in [-0.1, -0.05) is 0 Å². The molecule has 1 atom stereocenters. The van der Waals surface area contributed by atoms with Gasteiger partial charge in [0.15, 0.2) is 0 Å². The van der Waals surface area contributed by atoms with Gasteiger partial charge >= 0.3 is 0 Å². The van der Waals surface area contributed by atoms with Crippen molar-refractivity contribution in [2.75, 3.05) is 6.61 Å². The number of halogens is 1. The summed E-state index contributed by atoms with van der Waals surface area (Å²) in [5.41, 5.74) is 7.42. The lowest BCUT2D eigenvalue weighted by Gasteiger charge is -2.12. The van der Waals surface area contributed by atoms with Gasteiger partial charge < -0.3 is 10.5 Å². The Bertz CT molecular complexity index is 516. The Hall–Kier alpha value is -2.01. The molecule has 2 aromatic rings. The number of ether oxygens (including phenoxy) is 1. The Morgan fingerprint density at radius 3 is 2.83 bits per heavy atom. The number of hydrogen-bond acceptors (Lipinski definition) is 4. The van der Waals surface area contributed by atoms with Crippen LogP contribution in [0.2, 0.25) is 0 Å². The molecule has 0 fully saturated rings. The highest BCUT2D eigenvalue weighted by atomic mass is 19.1. The van der Waals surface area contributed by atoms with Crippen LogP contribution in [0.1, 0.15) is 24.2 Å². The normalized spacial score (nSPS) is 12.2. The van der Waals surface area contributed by atoms with Crippen LogP contribution in [0.3, 0.4) is 0 Å². The molecule has 0 aliphatic rings. The predicted molar refractivity (Wildman–Crippen MR) is 65.6 cm³/mol. The van der Waals surface area contributed by atoms with E-state index in [9.17, 15) is 4.39 Å². The summed E-state index contributed by atoms with van der Waals surface area (Å²) in [5, 5.41) is 0. The zero-order chi connectivity index (χ0) is 13.0. The first kappa shape index (κ1) is 12.4. The van der Waals surface area contributed by atoms with Crippen molar-refractivity contribution in [1.82, 2.24) is 9.97 Å². The zero-order valence-corrected chi connectivity index (χ0v) is 10.0. The first-order valence-corrected chi connectivity index (χ1v) is 5.65. The fourth-order valence-electron chi connectivity index (χ4n) is 1.59. The molecule has 0 aliphatic heterocycles. The molecule has 5 heteroatoms. The van der Waals surface area contributed by atoms with Crippen molar-refractivity contribution in [3.63, 3.8) is 0 Å². The third kappa shape index (κ3) is 2.81. The molecular formula is C13H14FN3O. The SMILES string of the molecule is CCOc1cncc(C(N)c2ccc(F)cn2)c1. The second kappa shape index (κ2) is 5.55. The van der Waals surface area contributed by atoms with Crippen LogP contribution in [0.4, 0.5) is 4.39 Å². The standard InChI is InChI=1S/C13H14FN3O/c1-2-18-11-5-9(6-16-8-11)13(15)12-4-3-10(14)7-17-12/h3-8,13H,2,15H2,1H3. The lowest BCUT2D eigenvalue weighted by atomic mass is 10.1. The second-order valence-electron chi connectivity index (χ2n) is 3.77. The van der Waals surface area contributed by atoms with Gasteiger partial charge in [0, 0.05) is 6.20 Å². The highest BCUT2D eigenvalue weighted by Crippen LogP contribution is 2.20. The largest absolute Gasteiger partial charge is 0.492 e. The molecule has 2 heterocycles. The molecule has 0 amide bonds. The van der Waals surface area contributed by atoms with Crippen LogP contribution < -0.4 is 10.5 Å². The molecule has 0 aromatic carbocycles. The van der Waals surface area contributed by atoms with Gasteiger partial charge in [-0.15, -0.1) is 0 Å². The minimum atomic E-state index is -0.446. The lowest BCUT2D eigenvalue weighted by molar-refractivity contribution is 0.338. The van der Waals surface area contributed by atoms with Crippen molar-refractivity contribution in [1.29, 1.82) is 0 Å². The van der Waals surface area contributed by atoms with E-state index in [0.29, 0.717) is 18.1 Å². The molecule has 0 radical (unpaired) electrons. The molecule has 94 valence electrons. The van der Waals surface area contributed by atoms with Crippen molar-refractivity contribution in [3.05, 3.63) is 53.9 Å². The number of nitrogens with zero attached hydrogens (tertiary/aromatic N) is 2. The van der Waals surface area contributed by atoms with Crippen LogP contribution in [0, 0.1) is 5.82 Å². The van der Waals surface area contributed by atoms with Crippen LogP contribution in [0.15, 0.2) is 36.8 Å². The maximum Gasteiger partial charge on any atom is 0.141 e. The topological polar surface area (TPSA) is 61.0 Å². The molecule has 0 aliphatic carbocycles. The monoisotopic (exact) mass is 247 g/mol. The number of hydrogen-bond donors (Lipinski definition) is 1.